The first-order valence-corrected chi connectivity index (χ1v) is 7.75. The van der Waals surface area contributed by atoms with Crippen molar-refractivity contribution in [3.05, 3.63) is 34.9 Å². The molecule has 6 nitrogen and oxygen atoms in total. The first kappa shape index (κ1) is 16.8. The highest BCUT2D eigenvalue weighted by molar-refractivity contribution is 6.34. The van der Waals surface area contributed by atoms with Crippen molar-refractivity contribution in [1.29, 1.82) is 0 Å². The Morgan fingerprint density at radius 2 is 2.21 bits per heavy atom. The van der Waals surface area contributed by atoms with Gasteiger partial charge in [0.25, 0.3) is 5.91 Å². The Morgan fingerprint density at radius 1 is 1.46 bits per heavy atom. The van der Waals surface area contributed by atoms with Crippen LogP contribution in [0.4, 0.5) is 13.2 Å². The Labute approximate surface area is 140 Å². The lowest BCUT2D eigenvalue weighted by Gasteiger charge is -2.24. The van der Waals surface area contributed by atoms with E-state index in [0.717, 1.165) is 17.5 Å². The van der Waals surface area contributed by atoms with Gasteiger partial charge in [-0.2, -0.15) is 23.4 Å². The van der Waals surface area contributed by atoms with Crippen molar-refractivity contribution in [1.82, 2.24) is 24.5 Å². The minimum absolute atomic E-state index is 0.141. The van der Waals surface area contributed by atoms with E-state index in [1.54, 1.807) is 28.0 Å². The molecule has 3 rings (SSSR count). The maximum absolute atomic E-state index is 12.9. The summed E-state index contributed by atoms with van der Waals surface area (Å²) in [7, 11) is 1.28. The Hall–Kier alpha value is -2.03. The molecule has 1 atom stereocenters. The van der Waals surface area contributed by atoms with E-state index in [4.69, 9.17) is 11.6 Å². The largest absolute Gasteiger partial charge is 0.436 e. The lowest BCUT2D eigenvalue weighted by atomic mass is 10.2. The molecule has 10 heteroatoms. The van der Waals surface area contributed by atoms with Crippen LogP contribution in [-0.2, 0) is 19.8 Å². The Balaban J connectivity index is 1.87. The average Bonchev–Trinajstić information content (AvgIpc) is 3.20. The number of nitrogens with zero attached hydrogens (tertiary/aromatic N) is 5. The van der Waals surface area contributed by atoms with Gasteiger partial charge >= 0.3 is 6.18 Å². The molecule has 1 unspecified atom stereocenters. The van der Waals surface area contributed by atoms with Gasteiger partial charge < -0.3 is 4.90 Å². The number of alkyl halides is 3. The van der Waals surface area contributed by atoms with Crippen LogP contribution in [0.15, 0.2) is 18.5 Å². The standard InChI is InChI=1S/C14H15ClF3N5O/c1-21-11(10(15)12(20-21)14(16,17)18)13(24)23-7-2-4-9(23)8-22-6-3-5-19-22/h3,5-6,9H,2,4,7-8H2,1H3. The molecule has 2 aromatic rings. The molecule has 3 heterocycles. The number of aromatic nitrogens is 4. The van der Waals surface area contributed by atoms with Gasteiger partial charge in [0.1, 0.15) is 10.7 Å². The monoisotopic (exact) mass is 361 g/mol. The number of carbonyl (C=O) groups is 1. The Bertz CT molecular complexity index is 740. The fourth-order valence-corrected chi connectivity index (χ4v) is 3.31. The lowest BCUT2D eigenvalue weighted by Crippen LogP contribution is -2.39. The normalized spacial score (nSPS) is 18.4. The molecule has 0 bridgehead atoms. The van der Waals surface area contributed by atoms with E-state index >= 15 is 0 Å². The molecule has 1 aliphatic rings. The van der Waals surface area contributed by atoms with Gasteiger partial charge in [0, 0.05) is 26.0 Å². The minimum Gasteiger partial charge on any atom is -0.332 e. The quantitative estimate of drug-likeness (QED) is 0.844. The van der Waals surface area contributed by atoms with Crippen LogP contribution in [0.2, 0.25) is 5.02 Å². The van der Waals surface area contributed by atoms with Gasteiger partial charge in [-0.25, -0.2) is 0 Å². The summed E-state index contributed by atoms with van der Waals surface area (Å²) >= 11 is 5.81. The predicted octanol–water partition coefficient (Wildman–Crippen LogP) is 2.59. The smallest absolute Gasteiger partial charge is 0.332 e. The zero-order chi connectivity index (χ0) is 17.5. The van der Waals surface area contributed by atoms with E-state index < -0.39 is 22.8 Å². The second-order valence-electron chi connectivity index (χ2n) is 5.66. The molecule has 0 N–H and O–H groups in total. The van der Waals surface area contributed by atoms with Gasteiger partial charge in [-0.05, 0) is 18.9 Å². The third kappa shape index (κ3) is 3.00. The number of carbonyl (C=O) groups excluding carboxylic acids is 1. The summed E-state index contributed by atoms with van der Waals surface area (Å²) in [6, 6.07) is 1.63. The van der Waals surface area contributed by atoms with E-state index in [0.29, 0.717) is 13.1 Å². The molecule has 1 aliphatic heterocycles. The summed E-state index contributed by atoms with van der Waals surface area (Å²) in [6.07, 6.45) is 0.244. The third-order valence-corrected chi connectivity index (χ3v) is 4.41. The molecule has 0 spiro atoms. The first-order valence-electron chi connectivity index (χ1n) is 7.37. The molecule has 1 saturated heterocycles. The van der Waals surface area contributed by atoms with Crippen LogP contribution < -0.4 is 0 Å². The van der Waals surface area contributed by atoms with E-state index in [-0.39, 0.29) is 11.7 Å². The van der Waals surface area contributed by atoms with Crippen LogP contribution in [-0.4, -0.2) is 43.0 Å². The van der Waals surface area contributed by atoms with Crippen LogP contribution >= 0.6 is 11.6 Å². The van der Waals surface area contributed by atoms with Gasteiger partial charge in [-0.15, -0.1) is 0 Å². The Morgan fingerprint density at radius 3 is 2.79 bits per heavy atom. The highest BCUT2D eigenvalue weighted by Crippen LogP contribution is 2.36. The molecule has 0 aromatic carbocycles. The summed E-state index contributed by atoms with van der Waals surface area (Å²) in [5.41, 5.74) is -1.48. The zero-order valence-corrected chi connectivity index (χ0v) is 13.5. The summed E-state index contributed by atoms with van der Waals surface area (Å²) in [5, 5.41) is 6.82. The van der Waals surface area contributed by atoms with Crippen LogP contribution in [0.25, 0.3) is 0 Å². The molecule has 0 saturated carbocycles. The van der Waals surface area contributed by atoms with E-state index in [1.807, 2.05) is 0 Å². The van der Waals surface area contributed by atoms with Crippen molar-refractivity contribution in [3.63, 3.8) is 0 Å². The fraction of sp³-hybridized carbons (Fsp3) is 0.500. The van der Waals surface area contributed by atoms with Crippen molar-refractivity contribution in [2.24, 2.45) is 7.05 Å². The molecular weight excluding hydrogens is 347 g/mol. The zero-order valence-electron chi connectivity index (χ0n) is 12.8. The maximum atomic E-state index is 12.9. The van der Waals surface area contributed by atoms with Crippen LogP contribution in [0, 0.1) is 0 Å². The molecule has 130 valence electrons. The SMILES string of the molecule is Cn1nc(C(F)(F)F)c(Cl)c1C(=O)N1CCCC1Cn1cccn1. The van der Waals surface area contributed by atoms with E-state index in [2.05, 4.69) is 10.2 Å². The predicted molar refractivity (Wildman–Crippen MR) is 79.5 cm³/mol. The van der Waals surface area contributed by atoms with Crippen molar-refractivity contribution >= 4 is 17.5 Å². The third-order valence-electron chi connectivity index (χ3n) is 4.06. The number of likely N-dealkylation sites (tertiary alicyclic amines) is 1. The summed E-state index contributed by atoms with van der Waals surface area (Å²) < 4.78 is 41.3. The van der Waals surface area contributed by atoms with Crippen LogP contribution in [0.1, 0.15) is 29.0 Å². The summed E-state index contributed by atoms with van der Waals surface area (Å²) in [4.78, 5) is 14.3. The summed E-state index contributed by atoms with van der Waals surface area (Å²) in [6.45, 7) is 0.952. The molecule has 0 aliphatic carbocycles. The topological polar surface area (TPSA) is 56.0 Å². The van der Waals surface area contributed by atoms with Crippen LogP contribution in [0.3, 0.4) is 0 Å². The number of amides is 1. The van der Waals surface area contributed by atoms with Gasteiger partial charge in [0.2, 0.25) is 0 Å². The van der Waals surface area contributed by atoms with Gasteiger partial charge in [-0.1, -0.05) is 11.6 Å². The fourth-order valence-electron chi connectivity index (χ4n) is 2.96. The molecule has 2 aromatic heterocycles. The highest BCUT2D eigenvalue weighted by Gasteiger charge is 2.41. The van der Waals surface area contributed by atoms with Crippen LogP contribution in [0.5, 0.6) is 0 Å². The number of hydrogen-bond acceptors (Lipinski definition) is 3. The minimum atomic E-state index is -4.70. The highest BCUT2D eigenvalue weighted by atomic mass is 35.5. The van der Waals surface area contributed by atoms with Crippen molar-refractivity contribution < 1.29 is 18.0 Å². The van der Waals surface area contributed by atoms with Crippen molar-refractivity contribution in [2.75, 3.05) is 6.54 Å². The maximum Gasteiger partial charge on any atom is 0.436 e. The summed E-state index contributed by atoms with van der Waals surface area (Å²) in [5.74, 6) is -0.542. The van der Waals surface area contributed by atoms with Crippen molar-refractivity contribution in [3.8, 4) is 0 Å². The molecule has 0 radical (unpaired) electrons. The first-order chi connectivity index (χ1) is 11.3. The molecule has 24 heavy (non-hydrogen) atoms. The van der Waals surface area contributed by atoms with Gasteiger partial charge in [0.15, 0.2) is 5.69 Å². The molecule has 1 amide bonds. The Kier molecular flexibility index (Phi) is 4.29. The molecule has 1 fully saturated rings. The number of aryl methyl sites for hydroxylation is 1. The van der Waals surface area contributed by atoms with Gasteiger partial charge in [-0.3, -0.25) is 14.2 Å². The number of hydrogen-bond donors (Lipinski definition) is 0. The lowest BCUT2D eigenvalue weighted by molar-refractivity contribution is -0.141. The number of halogens is 4. The number of rotatable bonds is 3. The van der Waals surface area contributed by atoms with Gasteiger partial charge in [0.05, 0.1) is 12.6 Å². The van der Waals surface area contributed by atoms with E-state index in [1.165, 1.54) is 7.05 Å². The second kappa shape index (κ2) is 6.12. The van der Waals surface area contributed by atoms with Crippen molar-refractivity contribution in [2.45, 2.75) is 31.6 Å². The second-order valence-corrected chi connectivity index (χ2v) is 6.03. The molecular formula is C14H15ClF3N5O. The average molecular weight is 362 g/mol. The van der Waals surface area contributed by atoms with E-state index in [9.17, 15) is 18.0 Å².